The van der Waals surface area contributed by atoms with Crippen LogP contribution in [0, 0.1) is 17.5 Å². The van der Waals surface area contributed by atoms with Crippen LogP contribution >= 0.6 is 15.9 Å². The maximum absolute atomic E-state index is 13.0. The fraction of sp³-hybridized carbons (Fsp3) is 0.125. The summed E-state index contributed by atoms with van der Waals surface area (Å²) in [5.41, 5.74) is -0.532. The van der Waals surface area contributed by atoms with E-state index < -0.39 is 35.4 Å². The third-order valence-electron chi connectivity index (χ3n) is 1.53. The largest absolute Gasteiger partial charge is 0.481 e. The second-order valence-corrected chi connectivity index (χ2v) is 3.31. The molecular weight excluding hydrogens is 265 g/mol. The van der Waals surface area contributed by atoms with Gasteiger partial charge in [-0.1, -0.05) is 0 Å². The zero-order chi connectivity index (χ0) is 10.9. The molecule has 0 radical (unpaired) electrons. The number of rotatable bonds is 2. The maximum atomic E-state index is 13.0. The van der Waals surface area contributed by atoms with E-state index in [2.05, 4.69) is 15.9 Å². The van der Waals surface area contributed by atoms with Gasteiger partial charge in [0.05, 0.1) is 10.9 Å². The monoisotopic (exact) mass is 268 g/mol. The van der Waals surface area contributed by atoms with Gasteiger partial charge in [-0.05, 0) is 15.9 Å². The van der Waals surface area contributed by atoms with Crippen molar-refractivity contribution in [3.8, 4) is 0 Å². The van der Waals surface area contributed by atoms with Gasteiger partial charge in [0.1, 0.15) is 5.82 Å². The molecule has 0 unspecified atom stereocenters. The molecule has 0 fully saturated rings. The molecule has 14 heavy (non-hydrogen) atoms. The molecule has 0 aromatic heterocycles. The molecule has 0 saturated heterocycles. The predicted molar refractivity (Wildman–Crippen MR) is 45.4 cm³/mol. The molecule has 1 N–H and O–H groups in total. The first-order valence-corrected chi connectivity index (χ1v) is 4.26. The summed E-state index contributed by atoms with van der Waals surface area (Å²) in [5.74, 6) is -5.14. The number of carbonyl (C=O) groups is 1. The molecular formula is C8H4BrF3O2. The molecule has 0 aliphatic carbocycles. The number of carboxylic acids is 1. The predicted octanol–water partition coefficient (Wildman–Crippen LogP) is 2.49. The second kappa shape index (κ2) is 4.00. The Kier molecular flexibility index (Phi) is 3.15. The van der Waals surface area contributed by atoms with Gasteiger partial charge in [-0.2, -0.15) is 0 Å². The van der Waals surface area contributed by atoms with Crippen molar-refractivity contribution < 1.29 is 23.1 Å². The van der Waals surface area contributed by atoms with E-state index in [0.29, 0.717) is 6.07 Å². The summed E-state index contributed by atoms with van der Waals surface area (Å²) < 4.78 is 38.1. The highest BCUT2D eigenvalue weighted by atomic mass is 79.9. The van der Waals surface area contributed by atoms with Crippen molar-refractivity contribution in [2.75, 3.05) is 0 Å². The Morgan fingerprint density at radius 1 is 1.36 bits per heavy atom. The molecule has 6 heteroatoms. The third-order valence-corrected chi connectivity index (χ3v) is 2.39. The number of hydrogen-bond acceptors (Lipinski definition) is 1. The first kappa shape index (κ1) is 11.0. The number of aliphatic carboxylic acids is 1. The van der Waals surface area contributed by atoms with Crippen molar-refractivity contribution in [1.29, 1.82) is 0 Å². The molecule has 0 spiro atoms. The third kappa shape index (κ3) is 2.06. The first-order valence-electron chi connectivity index (χ1n) is 3.47. The molecule has 0 heterocycles. The number of benzene rings is 1. The molecule has 2 nitrogen and oxygen atoms in total. The highest BCUT2D eigenvalue weighted by Crippen LogP contribution is 2.26. The van der Waals surface area contributed by atoms with Gasteiger partial charge < -0.3 is 5.11 Å². The van der Waals surface area contributed by atoms with Gasteiger partial charge in [-0.25, -0.2) is 13.2 Å². The highest BCUT2D eigenvalue weighted by molar-refractivity contribution is 9.10. The Morgan fingerprint density at radius 3 is 2.43 bits per heavy atom. The average molecular weight is 269 g/mol. The lowest BCUT2D eigenvalue weighted by atomic mass is 10.1. The molecule has 1 aromatic rings. The van der Waals surface area contributed by atoms with Gasteiger partial charge in [-0.3, -0.25) is 4.79 Å². The van der Waals surface area contributed by atoms with Crippen molar-refractivity contribution in [3.05, 3.63) is 33.6 Å². The summed E-state index contributed by atoms with van der Waals surface area (Å²) in [7, 11) is 0. The van der Waals surface area contributed by atoms with Crippen LogP contribution in [0.1, 0.15) is 5.56 Å². The van der Waals surface area contributed by atoms with E-state index in [1.807, 2.05) is 0 Å². The van der Waals surface area contributed by atoms with Gasteiger partial charge in [0.2, 0.25) is 0 Å². The minimum atomic E-state index is -1.40. The van der Waals surface area contributed by atoms with Crippen molar-refractivity contribution >= 4 is 21.9 Å². The van der Waals surface area contributed by atoms with E-state index in [-0.39, 0.29) is 4.47 Å². The van der Waals surface area contributed by atoms with E-state index in [0.717, 1.165) is 0 Å². The Morgan fingerprint density at radius 2 is 1.93 bits per heavy atom. The van der Waals surface area contributed by atoms with Crippen LogP contribution in [0.5, 0.6) is 0 Å². The van der Waals surface area contributed by atoms with Gasteiger partial charge in [0.25, 0.3) is 0 Å². The summed E-state index contributed by atoms with van der Waals surface area (Å²) in [6.07, 6.45) is -0.777. The minimum absolute atomic E-state index is 0.352. The highest BCUT2D eigenvalue weighted by Gasteiger charge is 2.18. The van der Waals surface area contributed by atoms with E-state index in [4.69, 9.17) is 5.11 Å². The van der Waals surface area contributed by atoms with Crippen LogP contribution < -0.4 is 0 Å². The Hall–Kier alpha value is -1.04. The average Bonchev–Trinajstić information content (AvgIpc) is 2.09. The lowest BCUT2D eigenvalue weighted by Gasteiger charge is -2.05. The number of halogens is 4. The zero-order valence-electron chi connectivity index (χ0n) is 6.65. The van der Waals surface area contributed by atoms with E-state index in [1.165, 1.54) is 0 Å². The summed E-state index contributed by atoms with van der Waals surface area (Å²) in [6, 6.07) is 0.352. The molecule has 0 aliphatic heterocycles. The Bertz CT molecular complexity index is 366. The molecule has 0 bridgehead atoms. The van der Waals surface area contributed by atoms with Gasteiger partial charge in [-0.15, -0.1) is 0 Å². The van der Waals surface area contributed by atoms with Gasteiger partial charge in [0, 0.05) is 11.6 Å². The smallest absolute Gasteiger partial charge is 0.307 e. The topological polar surface area (TPSA) is 37.3 Å². The van der Waals surface area contributed by atoms with Crippen LogP contribution in [0.2, 0.25) is 0 Å². The summed E-state index contributed by atoms with van der Waals surface area (Å²) in [5, 5.41) is 8.37. The normalized spacial score (nSPS) is 10.3. The molecule has 0 atom stereocenters. The Balaban J connectivity index is 3.31. The molecule has 1 aromatic carbocycles. The summed E-state index contributed by atoms with van der Waals surface area (Å²) in [4.78, 5) is 10.3. The van der Waals surface area contributed by atoms with Crippen LogP contribution in [-0.4, -0.2) is 11.1 Å². The molecule has 1 rings (SSSR count). The quantitative estimate of drug-likeness (QED) is 0.837. The van der Waals surface area contributed by atoms with E-state index in [9.17, 15) is 18.0 Å². The maximum Gasteiger partial charge on any atom is 0.307 e. The zero-order valence-corrected chi connectivity index (χ0v) is 8.24. The Labute approximate surface area is 85.5 Å². The SMILES string of the molecule is O=C(O)Cc1c(F)c(F)cc(F)c1Br. The lowest BCUT2D eigenvalue weighted by molar-refractivity contribution is -0.136. The number of carboxylic acid groups (broad SMARTS) is 1. The van der Waals surface area contributed by atoms with Crippen molar-refractivity contribution in [3.63, 3.8) is 0 Å². The summed E-state index contributed by atoms with van der Waals surface area (Å²) >= 11 is 2.65. The van der Waals surface area contributed by atoms with Crippen LogP contribution in [0.15, 0.2) is 10.5 Å². The van der Waals surface area contributed by atoms with Gasteiger partial charge >= 0.3 is 5.97 Å². The van der Waals surface area contributed by atoms with Gasteiger partial charge in [0.15, 0.2) is 11.6 Å². The minimum Gasteiger partial charge on any atom is -0.481 e. The fourth-order valence-electron chi connectivity index (χ4n) is 0.929. The van der Waals surface area contributed by atoms with Crippen molar-refractivity contribution in [2.45, 2.75) is 6.42 Å². The van der Waals surface area contributed by atoms with Crippen LogP contribution in [0.3, 0.4) is 0 Å². The van der Waals surface area contributed by atoms with Crippen LogP contribution in [-0.2, 0) is 11.2 Å². The first-order chi connectivity index (χ1) is 6.43. The van der Waals surface area contributed by atoms with Crippen LogP contribution in [0.25, 0.3) is 0 Å². The molecule has 76 valence electrons. The van der Waals surface area contributed by atoms with Crippen molar-refractivity contribution in [2.24, 2.45) is 0 Å². The molecule has 0 aliphatic rings. The van der Waals surface area contributed by atoms with E-state index >= 15 is 0 Å². The second-order valence-electron chi connectivity index (χ2n) is 2.52. The fourth-order valence-corrected chi connectivity index (χ4v) is 1.36. The van der Waals surface area contributed by atoms with E-state index in [1.54, 1.807) is 0 Å². The lowest BCUT2D eigenvalue weighted by Crippen LogP contribution is -2.06. The van der Waals surface area contributed by atoms with Crippen LogP contribution in [0.4, 0.5) is 13.2 Å². The molecule has 0 amide bonds. The summed E-state index contributed by atoms with van der Waals surface area (Å²) in [6.45, 7) is 0. The standard InChI is InChI=1S/C8H4BrF3O2/c9-7-3(1-6(13)14)8(12)5(11)2-4(7)10/h2H,1H2,(H,13,14). The number of hydrogen-bond donors (Lipinski definition) is 1. The molecule has 0 saturated carbocycles. The van der Waals surface area contributed by atoms with Crippen molar-refractivity contribution in [1.82, 2.24) is 0 Å².